The molecule has 0 saturated heterocycles. The molecular formula is C16H21N5O2. The van der Waals surface area contributed by atoms with E-state index in [4.69, 9.17) is 4.52 Å². The Morgan fingerprint density at radius 2 is 2.13 bits per heavy atom. The minimum Gasteiger partial charge on any atom is -0.338 e. The predicted octanol–water partition coefficient (Wildman–Crippen LogP) is 2.59. The highest BCUT2D eigenvalue weighted by Gasteiger charge is 2.40. The summed E-state index contributed by atoms with van der Waals surface area (Å²) in [6.07, 6.45) is 8.34. The molecule has 23 heavy (non-hydrogen) atoms. The number of amides is 1. The zero-order valence-electron chi connectivity index (χ0n) is 13.2. The Hall–Kier alpha value is -2.18. The topological polar surface area (TPSA) is 85.8 Å². The molecule has 2 fully saturated rings. The van der Waals surface area contributed by atoms with Crippen LogP contribution in [0.5, 0.6) is 0 Å². The number of nitrogens with zero attached hydrogens (tertiary/aromatic N) is 4. The number of rotatable bonds is 4. The van der Waals surface area contributed by atoms with Gasteiger partial charge in [-0.2, -0.15) is 0 Å². The zero-order valence-corrected chi connectivity index (χ0v) is 13.2. The predicted molar refractivity (Wildman–Crippen MR) is 82.8 cm³/mol. The van der Waals surface area contributed by atoms with Gasteiger partial charge in [0, 0.05) is 30.9 Å². The fourth-order valence-corrected chi connectivity index (χ4v) is 3.73. The number of aryl methyl sites for hydroxylation is 1. The van der Waals surface area contributed by atoms with Gasteiger partial charge in [-0.3, -0.25) is 10.1 Å². The monoisotopic (exact) mass is 315 g/mol. The zero-order chi connectivity index (χ0) is 15.8. The molecule has 2 aliphatic rings. The first kappa shape index (κ1) is 14.4. The van der Waals surface area contributed by atoms with Crippen LogP contribution in [-0.2, 0) is 11.8 Å². The molecule has 1 N–H and O–H groups in total. The van der Waals surface area contributed by atoms with Crippen LogP contribution in [0.15, 0.2) is 16.9 Å². The largest absolute Gasteiger partial charge is 0.338 e. The van der Waals surface area contributed by atoms with Gasteiger partial charge in [-0.1, -0.05) is 18.0 Å². The van der Waals surface area contributed by atoms with E-state index in [1.54, 1.807) is 6.33 Å². The van der Waals surface area contributed by atoms with Crippen LogP contribution >= 0.6 is 0 Å². The number of aromatic nitrogens is 4. The summed E-state index contributed by atoms with van der Waals surface area (Å²) in [7, 11) is 1.91. The Labute approximate surface area is 134 Å². The van der Waals surface area contributed by atoms with Gasteiger partial charge >= 0.3 is 0 Å². The average molecular weight is 315 g/mol. The summed E-state index contributed by atoms with van der Waals surface area (Å²) in [5, 5.41) is 15.0. The molecule has 0 aromatic carbocycles. The third-order valence-electron chi connectivity index (χ3n) is 5.24. The molecule has 1 amide bonds. The molecule has 2 aromatic rings. The molecule has 0 aliphatic heterocycles. The van der Waals surface area contributed by atoms with Crippen LogP contribution in [0.3, 0.4) is 0 Å². The Kier molecular flexibility index (Phi) is 3.63. The van der Waals surface area contributed by atoms with Gasteiger partial charge in [0.2, 0.25) is 11.8 Å². The number of hydrogen-bond acceptors (Lipinski definition) is 5. The fraction of sp³-hybridized carbons (Fsp3) is 0.625. The van der Waals surface area contributed by atoms with Crippen molar-refractivity contribution in [3.63, 3.8) is 0 Å². The van der Waals surface area contributed by atoms with Crippen LogP contribution in [0.25, 0.3) is 0 Å². The Morgan fingerprint density at radius 3 is 2.78 bits per heavy atom. The second kappa shape index (κ2) is 5.79. The second-order valence-corrected chi connectivity index (χ2v) is 6.68. The van der Waals surface area contributed by atoms with Crippen molar-refractivity contribution in [2.24, 2.45) is 13.0 Å². The molecule has 4 rings (SSSR count). The quantitative estimate of drug-likeness (QED) is 0.937. The molecule has 7 nitrogen and oxygen atoms in total. The molecule has 0 unspecified atom stereocenters. The smallest absolute Gasteiger partial charge is 0.231 e. The first-order valence-corrected chi connectivity index (χ1v) is 8.33. The van der Waals surface area contributed by atoms with Crippen molar-refractivity contribution in [2.45, 2.75) is 50.4 Å². The van der Waals surface area contributed by atoms with Crippen LogP contribution in [0.2, 0.25) is 0 Å². The summed E-state index contributed by atoms with van der Waals surface area (Å²) >= 11 is 0. The van der Waals surface area contributed by atoms with E-state index in [9.17, 15) is 4.79 Å². The fourth-order valence-electron chi connectivity index (χ4n) is 3.73. The lowest BCUT2D eigenvalue weighted by Crippen LogP contribution is -2.36. The summed E-state index contributed by atoms with van der Waals surface area (Å²) < 4.78 is 7.19. The minimum absolute atomic E-state index is 0.0154. The molecule has 7 heteroatoms. The molecule has 122 valence electrons. The van der Waals surface area contributed by atoms with Gasteiger partial charge in [0.05, 0.1) is 5.69 Å². The van der Waals surface area contributed by atoms with E-state index in [0.717, 1.165) is 37.2 Å². The molecule has 0 spiro atoms. The van der Waals surface area contributed by atoms with Gasteiger partial charge in [0.15, 0.2) is 0 Å². The number of carbonyl (C=O) groups is 1. The van der Waals surface area contributed by atoms with Crippen molar-refractivity contribution in [1.29, 1.82) is 0 Å². The average Bonchev–Trinajstić information content (AvgIpc) is 3.20. The van der Waals surface area contributed by atoms with Crippen molar-refractivity contribution >= 4 is 11.8 Å². The molecule has 2 atom stereocenters. The highest BCUT2D eigenvalue weighted by Crippen LogP contribution is 2.42. The molecule has 0 bridgehead atoms. The van der Waals surface area contributed by atoms with E-state index < -0.39 is 0 Å². The lowest BCUT2D eigenvalue weighted by atomic mass is 9.72. The van der Waals surface area contributed by atoms with E-state index in [0.29, 0.717) is 11.8 Å². The van der Waals surface area contributed by atoms with Crippen molar-refractivity contribution in [3.8, 4) is 0 Å². The van der Waals surface area contributed by atoms with Crippen molar-refractivity contribution in [1.82, 2.24) is 19.9 Å². The molecule has 2 aromatic heterocycles. The first-order chi connectivity index (χ1) is 11.2. The first-order valence-electron chi connectivity index (χ1n) is 8.33. The third-order valence-corrected chi connectivity index (χ3v) is 5.24. The maximum atomic E-state index is 12.5. The molecule has 0 radical (unpaired) electrons. The summed E-state index contributed by atoms with van der Waals surface area (Å²) in [5.41, 5.74) is 0.969. The SMILES string of the molecule is Cn1cnnc1[C@@H]1CC[C@@H]1C(=O)Nc1cc(C2CCCC2)no1. The maximum absolute atomic E-state index is 12.5. The molecular weight excluding hydrogens is 294 g/mol. The number of carbonyl (C=O) groups excluding carboxylic acids is 1. The summed E-state index contributed by atoms with van der Waals surface area (Å²) in [6.45, 7) is 0. The highest BCUT2D eigenvalue weighted by atomic mass is 16.5. The van der Waals surface area contributed by atoms with Crippen molar-refractivity contribution < 1.29 is 9.32 Å². The maximum Gasteiger partial charge on any atom is 0.231 e. The minimum atomic E-state index is -0.0714. The summed E-state index contributed by atoms with van der Waals surface area (Å²) in [4.78, 5) is 12.5. The van der Waals surface area contributed by atoms with Crippen molar-refractivity contribution in [2.75, 3.05) is 5.32 Å². The number of anilines is 1. The van der Waals surface area contributed by atoms with Crippen LogP contribution < -0.4 is 5.32 Å². The Morgan fingerprint density at radius 1 is 1.30 bits per heavy atom. The lowest BCUT2D eigenvalue weighted by molar-refractivity contribution is -0.123. The number of nitrogens with one attached hydrogen (secondary N) is 1. The van der Waals surface area contributed by atoms with Gasteiger partial charge in [0.25, 0.3) is 0 Å². The summed E-state index contributed by atoms with van der Waals surface area (Å²) in [5.74, 6) is 1.87. The van der Waals surface area contributed by atoms with Gasteiger partial charge < -0.3 is 9.09 Å². The molecule has 2 aliphatic carbocycles. The van der Waals surface area contributed by atoms with Gasteiger partial charge in [-0.15, -0.1) is 10.2 Å². The van der Waals surface area contributed by atoms with E-state index in [-0.39, 0.29) is 17.7 Å². The van der Waals surface area contributed by atoms with Crippen molar-refractivity contribution in [3.05, 3.63) is 23.9 Å². The Bertz CT molecular complexity index is 701. The van der Waals surface area contributed by atoms with Crippen LogP contribution in [-0.4, -0.2) is 25.8 Å². The van der Waals surface area contributed by atoms with E-state index in [1.165, 1.54) is 12.8 Å². The van der Waals surface area contributed by atoms with Crippen LogP contribution in [0.1, 0.15) is 61.9 Å². The normalized spacial score (nSPS) is 24.6. The van der Waals surface area contributed by atoms with E-state index in [2.05, 4.69) is 20.7 Å². The highest BCUT2D eigenvalue weighted by molar-refractivity contribution is 5.92. The van der Waals surface area contributed by atoms with E-state index >= 15 is 0 Å². The van der Waals surface area contributed by atoms with Gasteiger partial charge in [-0.25, -0.2) is 0 Å². The molecule has 2 heterocycles. The standard InChI is InChI=1S/C16H21N5O2/c1-21-9-17-19-15(21)11-6-7-12(11)16(22)18-14-8-13(20-23-14)10-4-2-3-5-10/h8-12H,2-7H2,1H3,(H,18,22)/t11-,12+/m1/s1. The van der Waals surface area contributed by atoms with Crippen LogP contribution in [0, 0.1) is 5.92 Å². The summed E-state index contributed by atoms with van der Waals surface area (Å²) in [6, 6.07) is 1.88. The lowest BCUT2D eigenvalue weighted by Gasteiger charge is -2.33. The van der Waals surface area contributed by atoms with Crippen LogP contribution in [0.4, 0.5) is 5.88 Å². The van der Waals surface area contributed by atoms with Gasteiger partial charge in [0.1, 0.15) is 12.2 Å². The Balaban J connectivity index is 1.41. The van der Waals surface area contributed by atoms with Gasteiger partial charge in [-0.05, 0) is 25.7 Å². The molecule has 2 saturated carbocycles. The second-order valence-electron chi connectivity index (χ2n) is 6.68. The number of hydrogen-bond donors (Lipinski definition) is 1. The van der Waals surface area contributed by atoms with E-state index in [1.807, 2.05) is 17.7 Å². The third kappa shape index (κ3) is 2.64.